The minimum atomic E-state index is -0.771. The summed E-state index contributed by atoms with van der Waals surface area (Å²) in [6.07, 6.45) is 5.60. The summed E-state index contributed by atoms with van der Waals surface area (Å²) in [5, 5.41) is 7.13. The molecule has 2 amide bonds. The monoisotopic (exact) mass is 498 g/mol. The number of thiophene rings is 2. The Morgan fingerprint density at radius 3 is 2.38 bits per heavy atom. The van der Waals surface area contributed by atoms with Gasteiger partial charge in [-0.1, -0.05) is 31.4 Å². The number of nitrogens with zero attached hydrogens (tertiary/aromatic N) is 1. The highest BCUT2D eigenvalue weighted by Gasteiger charge is 2.35. The van der Waals surface area contributed by atoms with Crippen LogP contribution in [0.1, 0.15) is 47.9 Å². The lowest BCUT2D eigenvalue weighted by molar-refractivity contribution is -0.127. The van der Waals surface area contributed by atoms with E-state index in [2.05, 4.69) is 5.32 Å². The molecule has 0 aliphatic heterocycles. The first kappa shape index (κ1) is 24.3. The Bertz CT molecular complexity index is 1080. The largest absolute Gasteiger partial charge is 0.493 e. The number of methoxy groups -OCH3 is 2. The Balaban J connectivity index is 1.74. The molecule has 0 spiro atoms. The van der Waals surface area contributed by atoms with Crippen LogP contribution in [0.4, 0.5) is 5.69 Å². The van der Waals surface area contributed by atoms with Gasteiger partial charge in [0.2, 0.25) is 11.8 Å². The first-order valence-corrected chi connectivity index (χ1v) is 13.3. The van der Waals surface area contributed by atoms with Gasteiger partial charge in [0.05, 0.1) is 20.6 Å². The molecule has 0 saturated heterocycles. The number of amides is 2. The Labute approximate surface area is 208 Å². The fraction of sp³-hybridized carbons (Fsp3) is 0.385. The molecule has 0 bridgehead atoms. The minimum Gasteiger partial charge on any atom is -0.493 e. The molecule has 1 saturated carbocycles. The van der Waals surface area contributed by atoms with Gasteiger partial charge in [0, 0.05) is 27.5 Å². The number of carbonyl (C=O) groups excluding carboxylic acids is 2. The van der Waals surface area contributed by atoms with Gasteiger partial charge < -0.3 is 14.8 Å². The molecule has 0 unspecified atom stereocenters. The Kier molecular flexibility index (Phi) is 8.24. The van der Waals surface area contributed by atoms with E-state index in [1.165, 1.54) is 29.1 Å². The van der Waals surface area contributed by atoms with Crippen molar-refractivity contribution in [3.05, 3.63) is 63.0 Å². The van der Waals surface area contributed by atoms with Crippen LogP contribution >= 0.6 is 22.7 Å². The molecule has 1 aromatic carbocycles. The number of hydrogen-bond acceptors (Lipinski definition) is 6. The lowest BCUT2D eigenvalue weighted by Crippen LogP contribution is -2.47. The molecule has 1 aliphatic rings. The molecule has 2 aromatic heterocycles. The third-order valence-corrected chi connectivity index (χ3v) is 7.89. The zero-order chi connectivity index (χ0) is 23.9. The van der Waals surface area contributed by atoms with E-state index in [1.54, 1.807) is 31.3 Å². The third kappa shape index (κ3) is 5.62. The topological polar surface area (TPSA) is 67.9 Å². The molecule has 180 valence electrons. The number of anilines is 1. The summed E-state index contributed by atoms with van der Waals surface area (Å²) in [4.78, 5) is 30.9. The number of carbonyl (C=O) groups is 2. The van der Waals surface area contributed by atoms with Crippen LogP contribution in [0.15, 0.2) is 53.2 Å². The van der Waals surface area contributed by atoms with E-state index < -0.39 is 6.04 Å². The van der Waals surface area contributed by atoms with Gasteiger partial charge in [-0.15, -0.1) is 22.7 Å². The highest BCUT2D eigenvalue weighted by atomic mass is 32.1. The van der Waals surface area contributed by atoms with E-state index in [9.17, 15) is 9.59 Å². The molecule has 1 aliphatic carbocycles. The number of benzene rings is 1. The molecule has 3 aromatic rings. The van der Waals surface area contributed by atoms with Crippen LogP contribution in [0.25, 0.3) is 0 Å². The van der Waals surface area contributed by atoms with Crippen LogP contribution in [0.2, 0.25) is 0 Å². The van der Waals surface area contributed by atoms with Gasteiger partial charge in [0.25, 0.3) is 0 Å². The van der Waals surface area contributed by atoms with Gasteiger partial charge in [-0.3, -0.25) is 14.5 Å². The van der Waals surface area contributed by atoms with Crippen molar-refractivity contribution in [2.75, 3.05) is 19.1 Å². The van der Waals surface area contributed by atoms with Gasteiger partial charge in [-0.2, -0.15) is 0 Å². The first-order valence-electron chi connectivity index (χ1n) is 11.5. The van der Waals surface area contributed by atoms with Gasteiger partial charge in [-0.05, 0) is 47.9 Å². The quantitative estimate of drug-likeness (QED) is 0.417. The fourth-order valence-electron chi connectivity index (χ4n) is 4.41. The second-order valence-electron chi connectivity index (χ2n) is 8.32. The maximum Gasteiger partial charge on any atom is 0.248 e. The van der Waals surface area contributed by atoms with Gasteiger partial charge in [0.15, 0.2) is 11.5 Å². The highest BCUT2D eigenvalue weighted by Crippen LogP contribution is 2.37. The fourth-order valence-corrected chi connectivity index (χ4v) is 5.92. The van der Waals surface area contributed by atoms with E-state index in [1.807, 2.05) is 41.1 Å². The number of hydrogen-bond donors (Lipinski definition) is 1. The average molecular weight is 499 g/mol. The molecule has 8 heteroatoms. The minimum absolute atomic E-state index is 0.142. The van der Waals surface area contributed by atoms with Crippen LogP contribution < -0.4 is 19.7 Å². The van der Waals surface area contributed by atoms with Crippen molar-refractivity contribution in [1.29, 1.82) is 0 Å². The molecule has 2 heterocycles. The zero-order valence-corrected chi connectivity index (χ0v) is 21.1. The summed E-state index contributed by atoms with van der Waals surface area (Å²) in [5.41, 5.74) is 0.594. The van der Waals surface area contributed by atoms with Gasteiger partial charge in [0.1, 0.15) is 6.04 Å². The van der Waals surface area contributed by atoms with E-state index in [4.69, 9.17) is 9.47 Å². The summed E-state index contributed by atoms with van der Waals surface area (Å²) in [6, 6.07) is 12.4. The molecule has 6 nitrogen and oxygen atoms in total. The van der Waals surface area contributed by atoms with Gasteiger partial charge in [-0.25, -0.2) is 0 Å². The Hall–Kier alpha value is -2.84. The van der Waals surface area contributed by atoms with Crippen LogP contribution in [-0.2, 0) is 16.0 Å². The van der Waals surface area contributed by atoms with Crippen LogP contribution in [-0.4, -0.2) is 32.1 Å². The van der Waals surface area contributed by atoms with Crippen molar-refractivity contribution in [3.8, 4) is 11.5 Å². The number of nitrogens with one attached hydrogen (secondary N) is 1. The molecular formula is C26H30N2O4S2. The predicted octanol–water partition coefficient (Wildman–Crippen LogP) is 5.59. The second-order valence-corrected chi connectivity index (χ2v) is 10.3. The normalized spacial score (nSPS) is 14.9. The SMILES string of the molecule is COc1ccc(N(C(=O)Cc2cccs2)[C@H](C(=O)NC2CCCCC2)c2cccs2)cc1OC. The maximum atomic E-state index is 13.8. The van der Waals surface area contributed by atoms with Crippen LogP contribution in [0, 0.1) is 0 Å². The molecular weight excluding hydrogens is 468 g/mol. The van der Waals surface area contributed by atoms with Crippen molar-refractivity contribution in [2.45, 2.75) is 50.6 Å². The van der Waals surface area contributed by atoms with E-state index in [0.29, 0.717) is 17.2 Å². The average Bonchev–Trinajstić information content (AvgIpc) is 3.57. The summed E-state index contributed by atoms with van der Waals surface area (Å²) in [5.74, 6) is 0.776. The van der Waals surface area contributed by atoms with Crippen molar-refractivity contribution in [3.63, 3.8) is 0 Å². The van der Waals surface area contributed by atoms with Crippen LogP contribution in [0.3, 0.4) is 0 Å². The predicted molar refractivity (Wildman–Crippen MR) is 137 cm³/mol. The van der Waals surface area contributed by atoms with E-state index in [0.717, 1.165) is 35.4 Å². The smallest absolute Gasteiger partial charge is 0.248 e. The summed E-state index contributed by atoms with van der Waals surface area (Å²) >= 11 is 3.01. The summed E-state index contributed by atoms with van der Waals surface area (Å²) in [7, 11) is 3.13. The third-order valence-electron chi connectivity index (χ3n) is 6.09. The highest BCUT2D eigenvalue weighted by molar-refractivity contribution is 7.10. The van der Waals surface area contributed by atoms with Gasteiger partial charge >= 0.3 is 0 Å². The van der Waals surface area contributed by atoms with E-state index in [-0.39, 0.29) is 24.3 Å². The van der Waals surface area contributed by atoms with Crippen LogP contribution in [0.5, 0.6) is 11.5 Å². The summed E-state index contributed by atoms with van der Waals surface area (Å²) in [6.45, 7) is 0. The van der Waals surface area contributed by atoms with E-state index >= 15 is 0 Å². The molecule has 0 radical (unpaired) electrons. The van der Waals surface area contributed by atoms with Crippen molar-refractivity contribution in [1.82, 2.24) is 5.32 Å². The first-order chi connectivity index (χ1) is 16.6. The second kappa shape index (κ2) is 11.5. The Morgan fingerprint density at radius 1 is 1.00 bits per heavy atom. The lowest BCUT2D eigenvalue weighted by atomic mass is 9.95. The van der Waals surface area contributed by atoms with Crippen molar-refractivity contribution < 1.29 is 19.1 Å². The maximum absolute atomic E-state index is 13.8. The van der Waals surface area contributed by atoms with Crippen molar-refractivity contribution >= 4 is 40.2 Å². The van der Waals surface area contributed by atoms with Crippen molar-refractivity contribution in [2.24, 2.45) is 0 Å². The molecule has 1 atom stereocenters. The molecule has 4 rings (SSSR count). The Morgan fingerprint density at radius 2 is 1.74 bits per heavy atom. The standard InChI is InChI=1S/C26H30N2O4S2/c1-31-21-13-12-19(16-22(21)32-2)28(24(29)17-20-10-6-14-33-20)25(23-11-7-15-34-23)26(30)27-18-8-4-3-5-9-18/h6-7,10-16,18,25H,3-5,8-9,17H2,1-2H3,(H,27,30)/t25-/m0/s1. The number of rotatable bonds is 9. The molecule has 34 heavy (non-hydrogen) atoms. The molecule has 1 N–H and O–H groups in total. The molecule has 1 fully saturated rings. The summed E-state index contributed by atoms with van der Waals surface area (Å²) < 4.78 is 10.9. The zero-order valence-electron chi connectivity index (χ0n) is 19.5. The number of ether oxygens (including phenoxy) is 2. The lowest BCUT2D eigenvalue weighted by Gasteiger charge is -2.33.